The first-order valence-corrected chi connectivity index (χ1v) is 3.89. The van der Waals surface area contributed by atoms with Crippen LogP contribution in [0.25, 0.3) is 12.3 Å². The minimum Gasteiger partial charge on any atom is -0.268 e. The fraction of sp³-hybridized carbons (Fsp3) is 0.222. The summed E-state index contributed by atoms with van der Waals surface area (Å²) in [5.41, 5.74) is 0. The minimum atomic E-state index is 0.333. The first kappa shape index (κ1) is 7.16. The van der Waals surface area contributed by atoms with Crippen LogP contribution in [0.4, 0.5) is 0 Å². The maximum Gasteiger partial charge on any atom is 0.0911 e. The average Bonchev–Trinajstić information content (AvgIpc) is 2.25. The predicted octanol–water partition coefficient (Wildman–Crippen LogP) is -0.284. The van der Waals surface area contributed by atoms with Crippen molar-refractivity contribution in [1.82, 2.24) is 10.2 Å². The van der Waals surface area contributed by atoms with Crippen LogP contribution in [0.2, 0.25) is 0 Å². The van der Waals surface area contributed by atoms with Gasteiger partial charge in [0.1, 0.15) is 0 Å². The summed E-state index contributed by atoms with van der Waals surface area (Å²) in [5.74, 6) is 0.333. The molecule has 3 nitrogen and oxygen atoms in total. The molecule has 0 fully saturated rings. The van der Waals surface area contributed by atoms with Gasteiger partial charge >= 0.3 is 0 Å². The van der Waals surface area contributed by atoms with Crippen LogP contribution in [0.1, 0.15) is 6.92 Å². The molecule has 1 aliphatic rings. The first-order chi connectivity index (χ1) is 5.86. The van der Waals surface area contributed by atoms with Crippen LogP contribution in [0.3, 0.4) is 0 Å². The third-order valence-electron chi connectivity index (χ3n) is 1.74. The Labute approximate surface area is 70.2 Å². The zero-order valence-electron chi connectivity index (χ0n) is 6.81. The molecule has 0 radical (unpaired) electrons. The average molecular weight is 159 g/mol. The maximum atomic E-state index is 4.14. The number of hydrogen-bond donors (Lipinski definition) is 0. The molecular formula is C9H9N3. The summed E-state index contributed by atoms with van der Waals surface area (Å²) >= 11 is 0. The van der Waals surface area contributed by atoms with E-state index in [1.165, 1.54) is 0 Å². The van der Waals surface area contributed by atoms with Crippen LogP contribution >= 0.6 is 0 Å². The maximum absolute atomic E-state index is 4.14. The Morgan fingerprint density at radius 1 is 1.42 bits per heavy atom. The summed E-state index contributed by atoms with van der Waals surface area (Å²) < 4.78 is 0. The van der Waals surface area contributed by atoms with Gasteiger partial charge in [0.2, 0.25) is 0 Å². The summed E-state index contributed by atoms with van der Waals surface area (Å²) in [5, 5.41) is 9.78. The first-order valence-electron chi connectivity index (χ1n) is 3.89. The highest BCUT2D eigenvalue weighted by molar-refractivity contribution is 5.71. The van der Waals surface area contributed by atoms with E-state index in [1.54, 1.807) is 6.20 Å². The monoisotopic (exact) mass is 159 g/mol. The largest absolute Gasteiger partial charge is 0.268 e. The second-order valence-corrected chi connectivity index (χ2v) is 2.82. The predicted molar refractivity (Wildman–Crippen MR) is 47.9 cm³/mol. The van der Waals surface area contributed by atoms with Crippen molar-refractivity contribution < 1.29 is 0 Å². The molecule has 0 aliphatic carbocycles. The molecule has 60 valence electrons. The standard InChI is InChI=1S/C9H9N3/c1-7-4-9-8(6-10-5-7)2-3-11-12-9/h2-7H,1H3. The van der Waals surface area contributed by atoms with E-state index in [9.17, 15) is 0 Å². The molecule has 1 aromatic rings. The van der Waals surface area contributed by atoms with Gasteiger partial charge in [0.25, 0.3) is 0 Å². The van der Waals surface area contributed by atoms with Gasteiger partial charge in [-0.3, -0.25) is 4.99 Å². The quantitative estimate of drug-likeness (QED) is 0.522. The molecule has 1 atom stereocenters. The van der Waals surface area contributed by atoms with E-state index in [2.05, 4.69) is 28.2 Å². The van der Waals surface area contributed by atoms with Crippen LogP contribution in [-0.2, 0) is 0 Å². The van der Waals surface area contributed by atoms with Crippen LogP contribution in [0, 0.1) is 5.92 Å². The lowest BCUT2D eigenvalue weighted by Gasteiger charge is -1.91. The van der Waals surface area contributed by atoms with E-state index in [0.29, 0.717) is 5.92 Å². The summed E-state index contributed by atoms with van der Waals surface area (Å²) in [6, 6.07) is 1.91. The third kappa shape index (κ3) is 1.25. The Morgan fingerprint density at radius 2 is 2.33 bits per heavy atom. The van der Waals surface area contributed by atoms with Gasteiger partial charge in [-0.05, 0) is 12.1 Å². The van der Waals surface area contributed by atoms with Gasteiger partial charge in [-0.2, -0.15) is 10.2 Å². The van der Waals surface area contributed by atoms with Crippen molar-refractivity contribution in [3.05, 3.63) is 22.8 Å². The van der Waals surface area contributed by atoms with E-state index in [1.807, 2.05) is 18.5 Å². The summed E-state index contributed by atoms with van der Waals surface area (Å²) in [6.45, 7) is 2.07. The van der Waals surface area contributed by atoms with Gasteiger partial charge in [0.15, 0.2) is 0 Å². The van der Waals surface area contributed by atoms with Crippen molar-refractivity contribution in [2.24, 2.45) is 10.9 Å². The summed E-state index contributed by atoms with van der Waals surface area (Å²) in [6.07, 6.45) is 7.43. The highest BCUT2D eigenvalue weighted by Gasteiger charge is 1.96. The molecule has 1 aliphatic heterocycles. The van der Waals surface area contributed by atoms with Gasteiger partial charge in [-0.1, -0.05) is 6.92 Å². The smallest absolute Gasteiger partial charge is 0.0911 e. The zero-order chi connectivity index (χ0) is 8.39. The minimum absolute atomic E-state index is 0.333. The molecule has 0 N–H and O–H groups in total. The molecule has 3 heteroatoms. The van der Waals surface area contributed by atoms with Gasteiger partial charge < -0.3 is 0 Å². The molecule has 2 heterocycles. The molecule has 0 saturated carbocycles. The Bertz CT molecular complexity index is 420. The van der Waals surface area contributed by atoms with Gasteiger partial charge in [0.05, 0.1) is 11.5 Å². The van der Waals surface area contributed by atoms with Crippen LogP contribution < -0.4 is 10.6 Å². The van der Waals surface area contributed by atoms with Gasteiger partial charge in [0, 0.05) is 23.6 Å². The Morgan fingerprint density at radius 3 is 3.25 bits per heavy atom. The van der Waals surface area contributed by atoms with Crippen LogP contribution in [0.15, 0.2) is 17.3 Å². The van der Waals surface area contributed by atoms with Gasteiger partial charge in [-0.15, -0.1) is 0 Å². The van der Waals surface area contributed by atoms with Crippen molar-refractivity contribution in [3.8, 4) is 0 Å². The molecule has 12 heavy (non-hydrogen) atoms. The third-order valence-corrected chi connectivity index (χ3v) is 1.74. The fourth-order valence-electron chi connectivity index (χ4n) is 1.14. The number of aromatic nitrogens is 2. The molecule has 1 aromatic heterocycles. The Kier molecular flexibility index (Phi) is 1.70. The lowest BCUT2D eigenvalue weighted by atomic mass is 10.2. The van der Waals surface area contributed by atoms with E-state index >= 15 is 0 Å². The second kappa shape index (κ2) is 2.85. The lowest BCUT2D eigenvalue weighted by Crippen LogP contribution is -2.28. The molecule has 0 spiro atoms. The Hall–Kier alpha value is -1.51. The number of hydrogen-bond acceptors (Lipinski definition) is 3. The van der Waals surface area contributed by atoms with E-state index in [0.717, 1.165) is 10.6 Å². The SMILES string of the molecule is CC1C=NC=c2ccnnc2=C1. The molecule has 0 bridgehead atoms. The van der Waals surface area contributed by atoms with E-state index in [-0.39, 0.29) is 0 Å². The lowest BCUT2D eigenvalue weighted by molar-refractivity contribution is 0.965. The van der Waals surface area contributed by atoms with Crippen LogP contribution in [-0.4, -0.2) is 16.4 Å². The van der Waals surface area contributed by atoms with Crippen LogP contribution in [0.5, 0.6) is 0 Å². The van der Waals surface area contributed by atoms with E-state index in [4.69, 9.17) is 0 Å². The molecule has 0 amide bonds. The topological polar surface area (TPSA) is 38.1 Å². The number of aliphatic imine (C=N–C) groups is 1. The molecule has 0 aromatic carbocycles. The normalized spacial score (nSPS) is 20.2. The van der Waals surface area contributed by atoms with Crippen molar-refractivity contribution in [1.29, 1.82) is 0 Å². The molecule has 1 unspecified atom stereocenters. The molecule has 2 rings (SSSR count). The van der Waals surface area contributed by atoms with Crippen molar-refractivity contribution in [2.75, 3.05) is 0 Å². The highest BCUT2D eigenvalue weighted by atomic mass is 15.1. The summed E-state index contributed by atoms with van der Waals surface area (Å²) in [4.78, 5) is 4.14. The second-order valence-electron chi connectivity index (χ2n) is 2.82. The molecule has 0 saturated heterocycles. The highest BCUT2D eigenvalue weighted by Crippen LogP contribution is 1.92. The fourth-order valence-corrected chi connectivity index (χ4v) is 1.14. The number of fused-ring (bicyclic) bond motifs is 1. The van der Waals surface area contributed by atoms with Crippen molar-refractivity contribution in [2.45, 2.75) is 6.92 Å². The number of nitrogens with zero attached hydrogens (tertiary/aromatic N) is 3. The molecular weight excluding hydrogens is 150 g/mol. The Balaban J connectivity index is 2.75. The van der Waals surface area contributed by atoms with E-state index < -0.39 is 0 Å². The van der Waals surface area contributed by atoms with Gasteiger partial charge in [-0.25, -0.2) is 0 Å². The zero-order valence-corrected chi connectivity index (χ0v) is 6.81. The number of rotatable bonds is 0. The van der Waals surface area contributed by atoms with Crippen molar-refractivity contribution >= 4 is 18.5 Å². The van der Waals surface area contributed by atoms with Crippen molar-refractivity contribution in [3.63, 3.8) is 0 Å². The summed E-state index contributed by atoms with van der Waals surface area (Å²) in [7, 11) is 0.